The molecule has 0 fully saturated rings. The van der Waals surface area contributed by atoms with Crippen molar-refractivity contribution in [1.29, 1.82) is 0 Å². The Labute approximate surface area is 86.0 Å². The maximum atomic E-state index is 2.28. The van der Waals surface area contributed by atoms with Crippen LogP contribution in [0, 0.1) is 13.8 Å². The molecule has 1 aromatic rings. The maximum absolute atomic E-state index is 2.28. The summed E-state index contributed by atoms with van der Waals surface area (Å²) in [5.41, 5.74) is 7.00. The molecule has 72 valence electrons. The van der Waals surface area contributed by atoms with Crippen molar-refractivity contribution in [3.05, 3.63) is 52.6 Å². The zero-order valence-electron chi connectivity index (χ0n) is 9.09. The Bertz CT molecular complexity index is 399. The fourth-order valence-corrected chi connectivity index (χ4v) is 2.11. The first-order chi connectivity index (χ1) is 6.66. The number of aryl methyl sites for hydroxylation is 2. The minimum absolute atomic E-state index is 1.09. The van der Waals surface area contributed by atoms with E-state index in [9.17, 15) is 0 Å². The van der Waals surface area contributed by atoms with E-state index in [2.05, 4.69) is 51.1 Å². The minimum atomic E-state index is 1.09. The molecule has 0 heterocycles. The molecule has 2 rings (SSSR count). The fraction of sp³-hybridized carbons (Fsp3) is 0.286. The molecule has 1 aromatic carbocycles. The Morgan fingerprint density at radius 1 is 0.929 bits per heavy atom. The average Bonchev–Trinajstić information content (AvgIpc) is 2.49. The van der Waals surface area contributed by atoms with Gasteiger partial charge >= 0.3 is 0 Å². The molecular formula is C14H16. The molecule has 0 heteroatoms. The quantitative estimate of drug-likeness (QED) is 0.618. The van der Waals surface area contributed by atoms with Crippen molar-refractivity contribution in [2.24, 2.45) is 0 Å². The Morgan fingerprint density at radius 2 is 1.57 bits per heavy atom. The lowest BCUT2D eigenvalue weighted by molar-refractivity contribution is 1.33. The van der Waals surface area contributed by atoms with Gasteiger partial charge < -0.3 is 0 Å². The summed E-state index contributed by atoms with van der Waals surface area (Å²) in [6.45, 7) is 6.51. The predicted molar refractivity (Wildman–Crippen MR) is 62.3 cm³/mol. The fourth-order valence-electron chi connectivity index (χ4n) is 2.11. The van der Waals surface area contributed by atoms with Gasteiger partial charge in [0.1, 0.15) is 0 Å². The molecule has 0 saturated carbocycles. The van der Waals surface area contributed by atoms with Gasteiger partial charge in [-0.25, -0.2) is 0 Å². The van der Waals surface area contributed by atoms with E-state index in [1.807, 2.05) is 0 Å². The highest BCUT2D eigenvalue weighted by atomic mass is 14.1. The van der Waals surface area contributed by atoms with E-state index in [-0.39, 0.29) is 0 Å². The van der Waals surface area contributed by atoms with Crippen LogP contribution in [0.2, 0.25) is 0 Å². The van der Waals surface area contributed by atoms with E-state index in [0.29, 0.717) is 0 Å². The summed E-state index contributed by atoms with van der Waals surface area (Å²) >= 11 is 0. The van der Waals surface area contributed by atoms with Gasteiger partial charge in [0.25, 0.3) is 0 Å². The van der Waals surface area contributed by atoms with E-state index in [0.717, 1.165) is 6.42 Å². The van der Waals surface area contributed by atoms with Crippen LogP contribution in [0.15, 0.2) is 35.9 Å². The molecule has 0 spiro atoms. The second kappa shape index (κ2) is 3.45. The van der Waals surface area contributed by atoms with Gasteiger partial charge in [-0.2, -0.15) is 0 Å². The Balaban J connectivity index is 2.47. The van der Waals surface area contributed by atoms with Crippen molar-refractivity contribution >= 4 is 5.57 Å². The first-order valence-electron chi connectivity index (χ1n) is 5.12. The number of hydrogen-bond donors (Lipinski definition) is 0. The number of allylic oxidation sites excluding steroid dienone is 4. The monoisotopic (exact) mass is 184 g/mol. The van der Waals surface area contributed by atoms with Crippen molar-refractivity contribution in [3.63, 3.8) is 0 Å². The third-order valence-electron chi connectivity index (χ3n) is 2.74. The SMILES string of the molecule is CC1=C(c2cc(C)cc(C)c2)CC=C1. The first kappa shape index (κ1) is 9.26. The van der Waals surface area contributed by atoms with Crippen molar-refractivity contribution in [1.82, 2.24) is 0 Å². The van der Waals surface area contributed by atoms with Gasteiger partial charge in [0, 0.05) is 0 Å². The molecule has 0 atom stereocenters. The van der Waals surface area contributed by atoms with Crippen LogP contribution in [-0.2, 0) is 0 Å². The van der Waals surface area contributed by atoms with E-state index >= 15 is 0 Å². The van der Waals surface area contributed by atoms with Gasteiger partial charge in [0.15, 0.2) is 0 Å². The van der Waals surface area contributed by atoms with Crippen LogP contribution < -0.4 is 0 Å². The van der Waals surface area contributed by atoms with Crippen LogP contribution in [-0.4, -0.2) is 0 Å². The molecule has 0 radical (unpaired) electrons. The van der Waals surface area contributed by atoms with Crippen LogP contribution >= 0.6 is 0 Å². The van der Waals surface area contributed by atoms with Gasteiger partial charge in [-0.1, -0.05) is 41.5 Å². The molecule has 0 amide bonds. The lowest BCUT2D eigenvalue weighted by Gasteiger charge is -2.07. The molecule has 0 bridgehead atoms. The second-order valence-corrected chi connectivity index (χ2v) is 4.14. The van der Waals surface area contributed by atoms with Crippen LogP contribution in [0.3, 0.4) is 0 Å². The molecule has 0 aromatic heterocycles. The predicted octanol–water partition coefficient (Wildman–Crippen LogP) is 4.04. The molecular weight excluding hydrogens is 168 g/mol. The largest absolute Gasteiger partial charge is 0.0798 e. The van der Waals surface area contributed by atoms with Crippen LogP contribution in [0.4, 0.5) is 0 Å². The van der Waals surface area contributed by atoms with Gasteiger partial charge in [-0.15, -0.1) is 0 Å². The van der Waals surface area contributed by atoms with E-state index in [1.54, 1.807) is 0 Å². The Morgan fingerprint density at radius 3 is 2.07 bits per heavy atom. The molecule has 1 aliphatic carbocycles. The van der Waals surface area contributed by atoms with Gasteiger partial charge in [-0.05, 0) is 43.9 Å². The van der Waals surface area contributed by atoms with Crippen LogP contribution in [0.1, 0.15) is 30.0 Å². The summed E-state index contributed by atoms with van der Waals surface area (Å²) < 4.78 is 0. The van der Waals surface area contributed by atoms with Crippen molar-refractivity contribution in [3.8, 4) is 0 Å². The van der Waals surface area contributed by atoms with Gasteiger partial charge in [0.05, 0.1) is 0 Å². The van der Waals surface area contributed by atoms with E-state index in [1.165, 1.54) is 27.8 Å². The molecule has 0 N–H and O–H groups in total. The lowest BCUT2D eigenvalue weighted by atomic mass is 9.98. The van der Waals surface area contributed by atoms with Gasteiger partial charge in [-0.3, -0.25) is 0 Å². The zero-order valence-corrected chi connectivity index (χ0v) is 9.09. The number of hydrogen-bond acceptors (Lipinski definition) is 0. The molecule has 0 aliphatic heterocycles. The third-order valence-corrected chi connectivity index (χ3v) is 2.74. The van der Waals surface area contributed by atoms with Crippen LogP contribution in [0.5, 0.6) is 0 Å². The standard InChI is InChI=1S/C14H16/c1-10-7-11(2)9-13(8-10)14-6-4-5-12(14)3/h4-5,7-9H,6H2,1-3H3. The van der Waals surface area contributed by atoms with Crippen molar-refractivity contribution in [2.45, 2.75) is 27.2 Å². The average molecular weight is 184 g/mol. The summed E-state index contributed by atoms with van der Waals surface area (Å²) in [6.07, 6.45) is 5.55. The zero-order chi connectivity index (χ0) is 10.1. The van der Waals surface area contributed by atoms with E-state index in [4.69, 9.17) is 0 Å². The summed E-state index contributed by atoms with van der Waals surface area (Å²) in [6, 6.07) is 6.78. The molecule has 0 unspecified atom stereocenters. The highest BCUT2D eigenvalue weighted by Crippen LogP contribution is 2.29. The van der Waals surface area contributed by atoms with Crippen molar-refractivity contribution < 1.29 is 0 Å². The summed E-state index contributed by atoms with van der Waals surface area (Å²) in [4.78, 5) is 0. The highest BCUT2D eigenvalue weighted by molar-refractivity contribution is 5.75. The van der Waals surface area contributed by atoms with E-state index < -0.39 is 0 Å². The summed E-state index contributed by atoms with van der Waals surface area (Å²) in [7, 11) is 0. The topological polar surface area (TPSA) is 0 Å². The normalized spacial score (nSPS) is 15.4. The highest BCUT2D eigenvalue weighted by Gasteiger charge is 2.08. The summed E-state index contributed by atoms with van der Waals surface area (Å²) in [5, 5.41) is 0. The first-order valence-corrected chi connectivity index (χ1v) is 5.12. The Hall–Kier alpha value is -1.30. The van der Waals surface area contributed by atoms with Crippen molar-refractivity contribution in [2.75, 3.05) is 0 Å². The minimum Gasteiger partial charge on any atom is -0.0798 e. The smallest absolute Gasteiger partial charge is 0.00857 e. The Kier molecular flexibility index (Phi) is 2.28. The number of rotatable bonds is 1. The van der Waals surface area contributed by atoms with Gasteiger partial charge in [0.2, 0.25) is 0 Å². The molecule has 14 heavy (non-hydrogen) atoms. The summed E-state index contributed by atoms with van der Waals surface area (Å²) in [5.74, 6) is 0. The third kappa shape index (κ3) is 1.65. The second-order valence-electron chi connectivity index (χ2n) is 4.14. The molecule has 0 nitrogen and oxygen atoms in total. The molecule has 0 saturated heterocycles. The lowest BCUT2D eigenvalue weighted by Crippen LogP contribution is -1.87. The number of benzene rings is 1. The maximum Gasteiger partial charge on any atom is -0.00857 e. The molecule has 1 aliphatic rings. The van der Waals surface area contributed by atoms with Crippen LogP contribution in [0.25, 0.3) is 5.57 Å².